The molecule has 1 aromatic carbocycles. The highest BCUT2D eigenvalue weighted by atomic mass is 16.3. The SMILES string of the molecule is CC(=O)C(Cc1ccccc1)N=O. The van der Waals surface area contributed by atoms with Crippen molar-refractivity contribution in [3.05, 3.63) is 40.8 Å². The summed E-state index contributed by atoms with van der Waals surface area (Å²) in [4.78, 5) is 21.2. The number of carbonyl (C=O) groups excluding carboxylic acids is 1. The molecule has 1 rings (SSSR count). The molecule has 1 atom stereocenters. The summed E-state index contributed by atoms with van der Waals surface area (Å²) in [5.41, 5.74) is 0.960. The summed E-state index contributed by atoms with van der Waals surface area (Å²) in [7, 11) is 0. The summed E-state index contributed by atoms with van der Waals surface area (Å²) in [6, 6.07) is 8.65. The van der Waals surface area contributed by atoms with Crippen molar-refractivity contribution in [2.75, 3.05) is 0 Å². The number of hydrogen-bond donors (Lipinski definition) is 0. The summed E-state index contributed by atoms with van der Waals surface area (Å²) in [6.07, 6.45) is 0.402. The van der Waals surface area contributed by atoms with E-state index in [0.29, 0.717) is 6.42 Å². The number of nitroso groups, excluding NO2 is 1. The van der Waals surface area contributed by atoms with Gasteiger partial charge in [0.05, 0.1) is 0 Å². The van der Waals surface area contributed by atoms with Gasteiger partial charge in [-0.2, -0.15) is 4.91 Å². The van der Waals surface area contributed by atoms with Crippen molar-refractivity contribution in [2.45, 2.75) is 19.4 Å². The van der Waals surface area contributed by atoms with E-state index in [9.17, 15) is 9.70 Å². The summed E-state index contributed by atoms with van der Waals surface area (Å²) >= 11 is 0. The van der Waals surface area contributed by atoms with Gasteiger partial charge in [0.25, 0.3) is 0 Å². The van der Waals surface area contributed by atoms with Crippen molar-refractivity contribution in [1.29, 1.82) is 0 Å². The molecule has 13 heavy (non-hydrogen) atoms. The second-order valence-electron chi connectivity index (χ2n) is 2.92. The molecular formula is C10H11NO2. The van der Waals surface area contributed by atoms with Gasteiger partial charge in [0.1, 0.15) is 0 Å². The third-order valence-corrected chi connectivity index (χ3v) is 1.87. The molecule has 0 aliphatic heterocycles. The van der Waals surface area contributed by atoms with Crippen LogP contribution in [0.25, 0.3) is 0 Å². The van der Waals surface area contributed by atoms with E-state index in [1.54, 1.807) is 0 Å². The molecule has 0 spiro atoms. The summed E-state index contributed by atoms with van der Waals surface area (Å²) < 4.78 is 0. The highest BCUT2D eigenvalue weighted by Crippen LogP contribution is 2.06. The Labute approximate surface area is 76.7 Å². The molecule has 0 heterocycles. The molecule has 1 aromatic rings. The second-order valence-corrected chi connectivity index (χ2v) is 2.92. The van der Waals surface area contributed by atoms with Gasteiger partial charge < -0.3 is 0 Å². The maximum atomic E-state index is 10.9. The molecule has 0 fully saturated rings. The Hall–Kier alpha value is -1.51. The van der Waals surface area contributed by atoms with Gasteiger partial charge in [0.15, 0.2) is 11.8 Å². The summed E-state index contributed by atoms with van der Waals surface area (Å²) in [5.74, 6) is -0.182. The van der Waals surface area contributed by atoms with Crippen molar-refractivity contribution in [2.24, 2.45) is 5.18 Å². The minimum Gasteiger partial charge on any atom is -0.297 e. The molecule has 1 unspecified atom stereocenters. The van der Waals surface area contributed by atoms with E-state index in [4.69, 9.17) is 0 Å². The predicted molar refractivity (Wildman–Crippen MR) is 50.4 cm³/mol. The molecule has 0 bridgehead atoms. The number of rotatable bonds is 4. The molecule has 68 valence electrons. The van der Waals surface area contributed by atoms with Crippen molar-refractivity contribution in [1.82, 2.24) is 0 Å². The van der Waals surface area contributed by atoms with Crippen molar-refractivity contribution >= 4 is 5.78 Å². The number of ketones is 1. The number of benzene rings is 1. The smallest absolute Gasteiger partial charge is 0.158 e. The monoisotopic (exact) mass is 177 g/mol. The van der Waals surface area contributed by atoms with Gasteiger partial charge in [-0.1, -0.05) is 35.5 Å². The molecule has 3 nitrogen and oxygen atoms in total. The Morgan fingerprint density at radius 3 is 2.46 bits per heavy atom. The van der Waals surface area contributed by atoms with Gasteiger partial charge in [-0.3, -0.25) is 4.79 Å². The number of Topliss-reactive ketones (excluding diaryl/α,β-unsaturated/α-hetero) is 1. The van der Waals surface area contributed by atoms with Crippen LogP contribution in [-0.2, 0) is 11.2 Å². The van der Waals surface area contributed by atoms with Gasteiger partial charge in [-0.15, -0.1) is 0 Å². The molecule has 0 amide bonds. The molecule has 0 aliphatic rings. The van der Waals surface area contributed by atoms with Crippen molar-refractivity contribution < 1.29 is 4.79 Å². The van der Waals surface area contributed by atoms with Gasteiger partial charge in [0, 0.05) is 6.42 Å². The fourth-order valence-corrected chi connectivity index (χ4v) is 1.09. The van der Waals surface area contributed by atoms with Gasteiger partial charge >= 0.3 is 0 Å². The Morgan fingerprint density at radius 2 is 2.00 bits per heavy atom. The standard InChI is InChI=1S/C10H11NO2/c1-8(12)10(11-13)7-9-5-3-2-4-6-9/h2-6,10H,7H2,1H3. The van der Waals surface area contributed by atoms with E-state index in [2.05, 4.69) is 5.18 Å². The van der Waals surface area contributed by atoms with E-state index >= 15 is 0 Å². The quantitative estimate of drug-likeness (QED) is 0.660. The van der Waals surface area contributed by atoms with E-state index in [1.165, 1.54) is 6.92 Å². The fraction of sp³-hybridized carbons (Fsp3) is 0.300. The Morgan fingerprint density at radius 1 is 1.38 bits per heavy atom. The van der Waals surface area contributed by atoms with Crippen LogP contribution in [-0.4, -0.2) is 11.8 Å². The average Bonchev–Trinajstić information content (AvgIpc) is 2.15. The minimum atomic E-state index is -0.734. The predicted octanol–water partition coefficient (Wildman–Crippen LogP) is 1.95. The number of hydrogen-bond acceptors (Lipinski definition) is 3. The largest absolute Gasteiger partial charge is 0.297 e. The molecular weight excluding hydrogens is 166 g/mol. The third kappa shape index (κ3) is 2.78. The Balaban J connectivity index is 2.67. The van der Waals surface area contributed by atoms with Crippen LogP contribution in [0, 0.1) is 4.91 Å². The fourth-order valence-electron chi connectivity index (χ4n) is 1.09. The lowest BCUT2D eigenvalue weighted by Crippen LogP contribution is -2.17. The third-order valence-electron chi connectivity index (χ3n) is 1.87. The van der Waals surface area contributed by atoms with Crippen LogP contribution in [0.5, 0.6) is 0 Å². The van der Waals surface area contributed by atoms with Crippen LogP contribution in [0.3, 0.4) is 0 Å². The van der Waals surface area contributed by atoms with Crippen LogP contribution in [0.4, 0.5) is 0 Å². The van der Waals surface area contributed by atoms with Crippen LogP contribution >= 0.6 is 0 Å². The molecule has 3 heteroatoms. The van der Waals surface area contributed by atoms with E-state index in [0.717, 1.165) is 5.56 Å². The lowest BCUT2D eigenvalue weighted by Gasteiger charge is -2.03. The summed E-state index contributed by atoms with van der Waals surface area (Å²) in [6.45, 7) is 1.38. The zero-order valence-corrected chi connectivity index (χ0v) is 7.43. The zero-order chi connectivity index (χ0) is 9.68. The maximum absolute atomic E-state index is 10.9. The first-order valence-corrected chi connectivity index (χ1v) is 4.11. The lowest BCUT2D eigenvalue weighted by molar-refractivity contribution is -0.118. The Bertz CT molecular complexity index is 295. The number of nitrogens with zero attached hydrogens (tertiary/aromatic N) is 1. The first-order chi connectivity index (χ1) is 6.24. The second kappa shape index (κ2) is 4.50. The minimum absolute atomic E-state index is 0.182. The first-order valence-electron chi connectivity index (χ1n) is 4.11. The van der Waals surface area contributed by atoms with Crippen LogP contribution < -0.4 is 0 Å². The topological polar surface area (TPSA) is 46.5 Å². The molecule has 0 radical (unpaired) electrons. The lowest BCUT2D eigenvalue weighted by atomic mass is 10.0. The number of carbonyl (C=O) groups is 1. The normalized spacial score (nSPS) is 12.1. The molecule has 0 aromatic heterocycles. The van der Waals surface area contributed by atoms with E-state index in [1.807, 2.05) is 30.3 Å². The highest BCUT2D eigenvalue weighted by molar-refractivity contribution is 5.81. The first kappa shape index (κ1) is 9.58. The van der Waals surface area contributed by atoms with Crippen LogP contribution in [0.15, 0.2) is 35.5 Å². The van der Waals surface area contributed by atoms with Crippen molar-refractivity contribution in [3.63, 3.8) is 0 Å². The van der Waals surface area contributed by atoms with E-state index < -0.39 is 6.04 Å². The molecule has 0 saturated heterocycles. The van der Waals surface area contributed by atoms with E-state index in [-0.39, 0.29) is 5.78 Å². The molecule has 0 aliphatic carbocycles. The zero-order valence-electron chi connectivity index (χ0n) is 7.43. The van der Waals surface area contributed by atoms with Gasteiger partial charge in [0.2, 0.25) is 0 Å². The van der Waals surface area contributed by atoms with Gasteiger partial charge in [-0.25, -0.2) is 0 Å². The van der Waals surface area contributed by atoms with Crippen LogP contribution in [0.2, 0.25) is 0 Å². The van der Waals surface area contributed by atoms with Crippen LogP contribution in [0.1, 0.15) is 12.5 Å². The highest BCUT2D eigenvalue weighted by Gasteiger charge is 2.14. The average molecular weight is 177 g/mol. The molecule has 0 saturated carbocycles. The van der Waals surface area contributed by atoms with Gasteiger partial charge in [-0.05, 0) is 12.5 Å². The maximum Gasteiger partial charge on any atom is 0.158 e. The molecule has 0 N–H and O–H groups in total. The summed E-state index contributed by atoms with van der Waals surface area (Å²) in [5, 5.41) is 2.78. The Kier molecular flexibility index (Phi) is 3.31. The van der Waals surface area contributed by atoms with Crippen molar-refractivity contribution in [3.8, 4) is 0 Å².